The van der Waals surface area contributed by atoms with Crippen LogP contribution >= 0.6 is 12.4 Å². The standard InChI is InChI=1S/2C10H22N.ClH.Nd/c2*1-3-5-7-9-11-10-8-6-4-2;;/h2*3-10H2,1-2H3;1H;/q2*-1;;. The van der Waals surface area contributed by atoms with Crippen LogP contribution < -0.4 is 0 Å². The molecule has 2 nitrogen and oxygen atoms in total. The maximum absolute atomic E-state index is 4.45. The van der Waals surface area contributed by atoms with Gasteiger partial charge in [-0.1, -0.05) is 105 Å². The molecule has 0 saturated heterocycles. The van der Waals surface area contributed by atoms with Gasteiger partial charge in [0, 0.05) is 40.8 Å². The van der Waals surface area contributed by atoms with Crippen molar-refractivity contribution in [2.75, 3.05) is 26.2 Å². The molecule has 0 aliphatic rings. The minimum Gasteiger partial charge on any atom is -0.662 e. The molecule has 0 amide bonds. The Morgan fingerprint density at radius 1 is 0.417 bits per heavy atom. The van der Waals surface area contributed by atoms with Crippen molar-refractivity contribution in [1.29, 1.82) is 0 Å². The van der Waals surface area contributed by atoms with Gasteiger partial charge in [-0.25, -0.2) is 0 Å². The van der Waals surface area contributed by atoms with Gasteiger partial charge in [0.2, 0.25) is 0 Å². The zero-order valence-electron chi connectivity index (χ0n) is 17.1. The third-order valence-electron chi connectivity index (χ3n) is 3.68. The average Bonchev–Trinajstić information content (AvgIpc) is 2.54. The van der Waals surface area contributed by atoms with Crippen molar-refractivity contribution >= 4 is 12.4 Å². The predicted molar refractivity (Wildman–Crippen MR) is 112 cm³/mol. The Bertz CT molecular complexity index is 138. The van der Waals surface area contributed by atoms with E-state index in [0.29, 0.717) is 0 Å². The van der Waals surface area contributed by atoms with E-state index in [-0.39, 0.29) is 53.2 Å². The molecule has 148 valence electrons. The molecular weight excluding hydrogens is 448 g/mol. The van der Waals surface area contributed by atoms with Crippen molar-refractivity contribution < 1.29 is 40.8 Å². The van der Waals surface area contributed by atoms with Crippen molar-refractivity contribution in [3.63, 3.8) is 0 Å². The Hall–Kier alpha value is 1.56. The van der Waals surface area contributed by atoms with Crippen molar-refractivity contribution in [2.45, 2.75) is 105 Å². The third-order valence-corrected chi connectivity index (χ3v) is 3.68. The molecule has 4 heteroatoms. The number of halogens is 1. The summed E-state index contributed by atoms with van der Waals surface area (Å²) in [5, 5.41) is 8.89. The first-order chi connectivity index (χ1) is 10.8. The van der Waals surface area contributed by atoms with Gasteiger partial charge in [0.25, 0.3) is 0 Å². The van der Waals surface area contributed by atoms with E-state index in [1.807, 2.05) is 0 Å². The second kappa shape index (κ2) is 35.6. The smallest absolute Gasteiger partial charge is 0 e. The topological polar surface area (TPSA) is 28.2 Å². The van der Waals surface area contributed by atoms with Gasteiger partial charge in [-0.05, 0) is 0 Å². The first-order valence-electron chi connectivity index (χ1n) is 10.1. The summed E-state index contributed by atoms with van der Waals surface area (Å²) < 4.78 is 0. The summed E-state index contributed by atoms with van der Waals surface area (Å²) in [6.45, 7) is 13.3. The SMILES string of the molecule is CCCCC[N-]CCCCC.CCCCC[N-]CCCCC.Cl.[Nd]. The normalized spacial score (nSPS) is 9.50. The average molecular weight is 493 g/mol. The van der Waals surface area contributed by atoms with Crippen molar-refractivity contribution in [3.8, 4) is 0 Å². The fourth-order valence-electron chi connectivity index (χ4n) is 2.12. The number of unbranched alkanes of at least 4 members (excludes halogenated alkanes) is 8. The Balaban J connectivity index is -0.000000154. The molecular formula is C20H45ClN2Nd-2. The fraction of sp³-hybridized carbons (Fsp3) is 1.00. The van der Waals surface area contributed by atoms with Gasteiger partial charge in [0.1, 0.15) is 0 Å². The summed E-state index contributed by atoms with van der Waals surface area (Å²) in [4.78, 5) is 0. The summed E-state index contributed by atoms with van der Waals surface area (Å²) in [6, 6.07) is 0. The minimum absolute atomic E-state index is 0. The van der Waals surface area contributed by atoms with Gasteiger partial charge in [0.15, 0.2) is 0 Å². The molecule has 0 aliphatic carbocycles. The van der Waals surface area contributed by atoms with Gasteiger partial charge < -0.3 is 10.6 Å². The van der Waals surface area contributed by atoms with Gasteiger partial charge in [-0.2, -0.15) is 0 Å². The van der Waals surface area contributed by atoms with Crippen LogP contribution in [-0.2, 0) is 0 Å². The third kappa shape index (κ3) is 38.9. The zero-order chi connectivity index (χ0) is 16.7. The summed E-state index contributed by atoms with van der Waals surface area (Å²) in [5.41, 5.74) is 0. The van der Waals surface area contributed by atoms with E-state index in [1.54, 1.807) is 0 Å². The first kappa shape index (κ1) is 33.2. The predicted octanol–water partition coefficient (Wildman–Crippen LogP) is 7.90. The molecule has 0 heterocycles. The molecule has 0 aromatic heterocycles. The van der Waals surface area contributed by atoms with Crippen LogP contribution in [0.25, 0.3) is 10.6 Å². The minimum atomic E-state index is 0. The Morgan fingerprint density at radius 3 is 0.792 bits per heavy atom. The fourth-order valence-corrected chi connectivity index (χ4v) is 2.12. The van der Waals surface area contributed by atoms with E-state index < -0.39 is 0 Å². The summed E-state index contributed by atoms with van der Waals surface area (Å²) >= 11 is 0. The van der Waals surface area contributed by atoms with E-state index in [0.717, 1.165) is 26.2 Å². The Kier molecular flexibility index (Phi) is 49.2. The molecule has 0 rings (SSSR count). The second-order valence-electron chi connectivity index (χ2n) is 6.17. The molecule has 24 heavy (non-hydrogen) atoms. The van der Waals surface area contributed by atoms with Crippen LogP contribution in [0.4, 0.5) is 0 Å². The van der Waals surface area contributed by atoms with Crippen LogP contribution in [0.3, 0.4) is 0 Å². The van der Waals surface area contributed by atoms with Gasteiger partial charge in [-0.3, -0.25) is 0 Å². The van der Waals surface area contributed by atoms with Crippen molar-refractivity contribution in [1.82, 2.24) is 0 Å². The first-order valence-corrected chi connectivity index (χ1v) is 10.1. The van der Waals surface area contributed by atoms with Crippen LogP contribution in [0.1, 0.15) is 105 Å². The molecule has 0 saturated carbocycles. The molecule has 0 radical (unpaired) electrons. The quantitative estimate of drug-likeness (QED) is 0.196. The second-order valence-corrected chi connectivity index (χ2v) is 6.17. The molecule has 0 spiro atoms. The van der Waals surface area contributed by atoms with E-state index in [1.165, 1.54) is 77.0 Å². The Morgan fingerprint density at radius 2 is 0.625 bits per heavy atom. The Labute approximate surface area is 193 Å². The maximum atomic E-state index is 4.45. The maximum Gasteiger partial charge on any atom is 0 e. The van der Waals surface area contributed by atoms with E-state index in [4.69, 9.17) is 0 Å². The number of hydrogen-bond acceptors (Lipinski definition) is 0. The van der Waals surface area contributed by atoms with E-state index in [9.17, 15) is 0 Å². The molecule has 0 N–H and O–H groups in total. The monoisotopic (exact) mass is 490 g/mol. The number of rotatable bonds is 16. The van der Waals surface area contributed by atoms with Crippen LogP contribution in [0, 0.1) is 40.8 Å². The van der Waals surface area contributed by atoms with Gasteiger partial charge >= 0.3 is 0 Å². The molecule has 0 fully saturated rings. The van der Waals surface area contributed by atoms with Gasteiger partial charge in [0.05, 0.1) is 0 Å². The molecule has 0 aromatic carbocycles. The molecule has 0 unspecified atom stereocenters. The zero-order valence-corrected chi connectivity index (χ0v) is 21.1. The van der Waals surface area contributed by atoms with Crippen molar-refractivity contribution in [2.24, 2.45) is 0 Å². The van der Waals surface area contributed by atoms with Crippen LogP contribution in [0.5, 0.6) is 0 Å². The summed E-state index contributed by atoms with van der Waals surface area (Å²) in [6.07, 6.45) is 15.8. The molecule has 0 bridgehead atoms. The van der Waals surface area contributed by atoms with Crippen molar-refractivity contribution in [3.05, 3.63) is 10.6 Å². The van der Waals surface area contributed by atoms with Crippen LogP contribution in [0.15, 0.2) is 0 Å². The molecule has 0 aliphatic heterocycles. The molecule has 0 atom stereocenters. The summed E-state index contributed by atoms with van der Waals surface area (Å²) in [7, 11) is 0. The summed E-state index contributed by atoms with van der Waals surface area (Å²) in [5.74, 6) is 0. The number of nitrogens with zero attached hydrogens (tertiary/aromatic N) is 2. The van der Waals surface area contributed by atoms with Crippen LogP contribution in [-0.4, -0.2) is 26.2 Å². The van der Waals surface area contributed by atoms with Crippen LogP contribution in [0.2, 0.25) is 0 Å². The largest absolute Gasteiger partial charge is 0.662 e. The van der Waals surface area contributed by atoms with E-state index >= 15 is 0 Å². The molecule has 0 aromatic rings. The van der Waals surface area contributed by atoms with Gasteiger partial charge in [-0.15, -0.1) is 38.6 Å². The number of hydrogen-bond donors (Lipinski definition) is 0. The van der Waals surface area contributed by atoms with E-state index in [2.05, 4.69) is 38.3 Å².